The number of hydrogen-bond acceptors (Lipinski definition) is 3. The van der Waals surface area contributed by atoms with Crippen LogP contribution in [0, 0.1) is 11.8 Å². The fourth-order valence-electron chi connectivity index (χ4n) is 5.12. The maximum absolute atomic E-state index is 11.2. The summed E-state index contributed by atoms with van der Waals surface area (Å²) in [6.07, 6.45) is 4.66. The average molecular weight is 300 g/mol. The van der Waals surface area contributed by atoms with Crippen molar-refractivity contribution in [3.63, 3.8) is 0 Å². The molecule has 1 aromatic rings. The highest BCUT2D eigenvalue weighted by Crippen LogP contribution is 2.43. The second-order valence-electron chi connectivity index (χ2n) is 7.41. The first kappa shape index (κ1) is 14.5. The van der Waals surface area contributed by atoms with Gasteiger partial charge in [0.25, 0.3) is 0 Å². The van der Waals surface area contributed by atoms with Crippen LogP contribution in [0.2, 0.25) is 0 Å². The van der Waals surface area contributed by atoms with Crippen LogP contribution >= 0.6 is 0 Å². The molecule has 4 heterocycles. The Morgan fingerprint density at radius 1 is 1.32 bits per heavy atom. The Bertz CT molecular complexity index is 532. The molecule has 0 aromatic heterocycles. The number of para-hydroxylation sites is 1. The quantitative estimate of drug-likeness (QED) is 0.900. The van der Waals surface area contributed by atoms with E-state index in [4.69, 9.17) is 0 Å². The average Bonchev–Trinajstić information content (AvgIpc) is 2.60. The van der Waals surface area contributed by atoms with Crippen LogP contribution in [0.1, 0.15) is 44.1 Å². The molecular formula is C19H28N2O. The molecule has 120 valence electrons. The normalized spacial score (nSPS) is 38.2. The van der Waals surface area contributed by atoms with E-state index in [2.05, 4.69) is 41.4 Å². The molecular weight excluding hydrogens is 272 g/mol. The van der Waals surface area contributed by atoms with Gasteiger partial charge in [0.1, 0.15) is 0 Å². The van der Waals surface area contributed by atoms with Gasteiger partial charge in [-0.25, -0.2) is 0 Å². The number of aliphatic hydroxyl groups excluding tert-OH is 1. The zero-order valence-electron chi connectivity index (χ0n) is 13.5. The lowest BCUT2D eigenvalue weighted by molar-refractivity contribution is -0.0638. The van der Waals surface area contributed by atoms with Crippen molar-refractivity contribution in [1.82, 2.24) is 4.90 Å². The highest BCUT2D eigenvalue weighted by Gasteiger charge is 2.44. The minimum Gasteiger partial charge on any atom is -0.391 e. The Hall–Kier alpha value is -1.06. The van der Waals surface area contributed by atoms with E-state index in [1.54, 1.807) is 0 Å². The molecule has 3 fully saturated rings. The number of nitrogens with zero attached hydrogens (tertiary/aromatic N) is 1. The Kier molecular flexibility index (Phi) is 3.87. The molecule has 4 aliphatic heterocycles. The van der Waals surface area contributed by atoms with Gasteiger partial charge in [0.15, 0.2) is 0 Å². The van der Waals surface area contributed by atoms with Gasteiger partial charge in [-0.3, -0.25) is 4.90 Å². The van der Waals surface area contributed by atoms with Gasteiger partial charge in [0, 0.05) is 30.7 Å². The monoisotopic (exact) mass is 300 g/mol. The summed E-state index contributed by atoms with van der Waals surface area (Å²) in [6.45, 7) is 5.69. The molecule has 2 bridgehead atoms. The summed E-state index contributed by atoms with van der Waals surface area (Å²) in [7, 11) is 0. The van der Waals surface area contributed by atoms with Gasteiger partial charge in [0.05, 0.1) is 6.10 Å². The molecule has 2 N–H and O–H groups in total. The van der Waals surface area contributed by atoms with E-state index in [0.29, 0.717) is 12.0 Å². The third kappa shape index (κ3) is 2.35. The summed E-state index contributed by atoms with van der Waals surface area (Å²) in [6, 6.07) is 8.90. The van der Waals surface area contributed by atoms with E-state index in [1.165, 1.54) is 43.6 Å². The third-order valence-corrected chi connectivity index (χ3v) is 6.40. The lowest BCUT2D eigenvalue weighted by atomic mass is 9.71. The van der Waals surface area contributed by atoms with E-state index in [-0.39, 0.29) is 6.10 Å². The molecule has 0 spiro atoms. The van der Waals surface area contributed by atoms with Crippen LogP contribution in [-0.4, -0.2) is 41.8 Å². The number of fused-ring (bicyclic) bond motifs is 4. The summed E-state index contributed by atoms with van der Waals surface area (Å²) in [5, 5.41) is 14.6. The number of anilines is 1. The minimum absolute atomic E-state index is 0.219. The van der Waals surface area contributed by atoms with Crippen LogP contribution < -0.4 is 5.32 Å². The van der Waals surface area contributed by atoms with Crippen LogP contribution in [0.3, 0.4) is 0 Å². The van der Waals surface area contributed by atoms with Gasteiger partial charge in [-0.15, -0.1) is 0 Å². The largest absolute Gasteiger partial charge is 0.391 e. The van der Waals surface area contributed by atoms with Crippen molar-refractivity contribution in [2.24, 2.45) is 11.8 Å². The van der Waals surface area contributed by atoms with Crippen molar-refractivity contribution in [3.8, 4) is 0 Å². The van der Waals surface area contributed by atoms with Crippen molar-refractivity contribution in [2.75, 3.05) is 25.0 Å². The van der Waals surface area contributed by atoms with Gasteiger partial charge < -0.3 is 10.4 Å². The summed E-state index contributed by atoms with van der Waals surface area (Å²) < 4.78 is 0. The number of benzene rings is 1. The second-order valence-corrected chi connectivity index (χ2v) is 7.41. The van der Waals surface area contributed by atoms with Crippen LogP contribution in [0.5, 0.6) is 0 Å². The summed E-state index contributed by atoms with van der Waals surface area (Å²) in [5.41, 5.74) is 2.54. The Morgan fingerprint density at radius 3 is 2.95 bits per heavy atom. The first-order chi connectivity index (χ1) is 10.8. The fourth-order valence-corrected chi connectivity index (χ4v) is 5.12. The zero-order chi connectivity index (χ0) is 15.1. The molecule has 0 amide bonds. The van der Waals surface area contributed by atoms with Gasteiger partial charge in [0.2, 0.25) is 0 Å². The Labute approximate surface area is 133 Å². The number of nitrogens with one attached hydrogen (secondary N) is 1. The topological polar surface area (TPSA) is 35.5 Å². The van der Waals surface area contributed by atoms with Crippen molar-refractivity contribution in [3.05, 3.63) is 29.8 Å². The number of rotatable bonds is 3. The van der Waals surface area contributed by atoms with Crippen LogP contribution in [0.15, 0.2) is 24.3 Å². The van der Waals surface area contributed by atoms with E-state index in [0.717, 1.165) is 24.8 Å². The van der Waals surface area contributed by atoms with E-state index in [1.807, 2.05) is 0 Å². The molecule has 0 radical (unpaired) electrons. The van der Waals surface area contributed by atoms with Gasteiger partial charge in [-0.1, -0.05) is 31.5 Å². The molecule has 4 aliphatic rings. The first-order valence-corrected chi connectivity index (χ1v) is 9.03. The third-order valence-electron chi connectivity index (χ3n) is 6.40. The molecule has 1 aromatic carbocycles. The second kappa shape index (κ2) is 5.86. The van der Waals surface area contributed by atoms with Crippen molar-refractivity contribution in [1.29, 1.82) is 0 Å². The van der Waals surface area contributed by atoms with E-state index < -0.39 is 0 Å². The standard InChI is InChI=1S/C19H28N2O/c1-2-13-12-21-10-8-14(13)11-18(21)19(22)16-7-9-20-17-6-4-3-5-15(16)17/h3-6,13-14,16,18-20,22H,2,7-12H2,1H3/t13-,14-,16?,18-,19+/m0/s1. The molecule has 5 rings (SSSR count). The van der Waals surface area contributed by atoms with Crippen LogP contribution in [0.25, 0.3) is 0 Å². The van der Waals surface area contributed by atoms with E-state index in [9.17, 15) is 5.11 Å². The van der Waals surface area contributed by atoms with Gasteiger partial charge >= 0.3 is 0 Å². The maximum atomic E-state index is 11.2. The van der Waals surface area contributed by atoms with Crippen LogP contribution in [-0.2, 0) is 0 Å². The van der Waals surface area contributed by atoms with E-state index >= 15 is 0 Å². The SMILES string of the molecule is CC[C@H]1CN2CC[C@H]1C[C@H]2[C@H](O)C1CCNc2ccccc21. The molecule has 6 atom stereocenters. The predicted octanol–water partition coefficient (Wildman–Crippen LogP) is 3.07. The summed E-state index contributed by atoms with van der Waals surface area (Å²) in [5.74, 6) is 1.99. The van der Waals surface area contributed by atoms with Gasteiger partial charge in [-0.2, -0.15) is 0 Å². The van der Waals surface area contributed by atoms with Crippen LogP contribution in [0.4, 0.5) is 5.69 Å². The minimum atomic E-state index is -0.219. The number of piperidine rings is 3. The highest BCUT2D eigenvalue weighted by molar-refractivity contribution is 5.55. The Morgan fingerprint density at radius 2 is 2.18 bits per heavy atom. The number of hydrogen-bond donors (Lipinski definition) is 2. The number of aliphatic hydroxyl groups is 1. The lowest BCUT2D eigenvalue weighted by Crippen LogP contribution is -2.58. The molecule has 3 nitrogen and oxygen atoms in total. The van der Waals surface area contributed by atoms with Crippen molar-refractivity contribution in [2.45, 2.75) is 50.7 Å². The maximum Gasteiger partial charge on any atom is 0.0765 e. The molecule has 3 saturated heterocycles. The molecule has 3 heteroatoms. The predicted molar refractivity (Wildman–Crippen MR) is 90.2 cm³/mol. The molecule has 0 aliphatic carbocycles. The zero-order valence-corrected chi connectivity index (χ0v) is 13.5. The van der Waals surface area contributed by atoms with Gasteiger partial charge in [-0.05, 0) is 49.3 Å². The van der Waals surface area contributed by atoms with Crippen molar-refractivity contribution >= 4 is 5.69 Å². The molecule has 2 unspecified atom stereocenters. The summed E-state index contributed by atoms with van der Waals surface area (Å²) >= 11 is 0. The fraction of sp³-hybridized carbons (Fsp3) is 0.684. The lowest BCUT2D eigenvalue weighted by Gasteiger charge is -2.52. The first-order valence-electron chi connectivity index (χ1n) is 9.03. The Balaban J connectivity index is 1.55. The molecule has 22 heavy (non-hydrogen) atoms. The smallest absolute Gasteiger partial charge is 0.0765 e. The molecule has 0 saturated carbocycles. The summed E-state index contributed by atoms with van der Waals surface area (Å²) in [4.78, 5) is 2.59. The highest BCUT2D eigenvalue weighted by atomic mass is 16.3. The van der Waals surface area contributed by atoms with Crippen molar-refractivity contribution < 1.29 is 5.11 Å².